The Labute approximate surface area is 370 Å². The third kappa shape index (κ3) is 6.50. The van der Waals surface area contributed by atoms with Crippen molar-refractivity contribution in [2.45, 2.75) is 0 Å². The van der Waals surface area contributed by atoms with Crippen molar-refractivity contribution >= 4 is 70.4 Å². The van der Waals surface area contributed by atoms with E-state index in [0.717, 1.165) is 22.6 Å². The highest BCUT2D eigenvalue weighted by atomic mass is 32.1. The van der Waals surface area contributed by atoms with Crippen molar-refractivity contribution < 1.29 is 0 Å². The van der Waals surface area contributed by atoms with Gasteiger partial charge in [0.05, 0.1) is 16.7 Å². The van der Waals surface area contributed by atoms with Crippen LogP contribution in [0.3, 0.4) is 0 Å². The van der Waals surface area contributed by atoms with Crippen molar-refractivity contribution in [3.63, 3.8) is 0 Å². The van der Waals surface area contributed by atoms with Gasteiger partial charge in [-0.15, -0.1) is 11.3 Å². The Hall–Kier alpha value is -7.98. The zero-order valence-electron chi connectivity index (χ0n) is 34.4. The summed E-state index contributed by atoms with van der Waals surface area (Å²) in [6.45, 7) is 0. The lowest BCUT2D eigenvalue weighted by molar-refractivity contribution is 1.20. The summed E-state index contributed by atoms with van der Waals surface area (Å²) in [4.78, 5) is 2.36. The molecule has 0 radical (unpaired) electrons. The molecule has 0 amide bonds. The number of nitrogens with zero attached hydrogens (tertiary/aromatic N) is 2. The van der Waals surface area contributed by atoms with E-state index in [0.29, 0.717) is 0 Å². The maximum absolute atomic E-state index is 2.47. The molecule has 0 unspecified atom stereocenters. The molecule has 2 aromatic heterocycles. The predicted octanol–water partition coefficient (Wildman–Crippen LogP) is 17.3. The van der Waals surface area contributed by atoms with Gasteiger partial charge in [0.15, 0.2) is 0 Å². The molecular formula is C60H40N2S. The van der Waals surface area contributed by atoms with E-state index in [2.05, 4.69) is 252 Å². The van der Waals surface area contributed by atoms with Crippen LogP contribution in [0, 0.1) is 0 Å². The van der Waals surface area contributed by atoms with Crippen molar-refractivity contribution in [1.29, 1.82) is 0 Å². The predicted molar refractivity (Wildman–Crippen MR) is 270 cm³/mol. The Morgan fingerprint density at radius 1 is 0.302 bits per heavy atom. The second-order valence-corrected chi connectivity index (χ2v) is 17.2. The molecule has 3 heteroatoms. The first-order valence-electron chi connectivity index (χ1n) is 21.5. The van der Waals surface area contributed by atoms with Gasteiger partial charge < -0.3 is 9.47 Å². The van der Waals surface area contributed by atoms with Gasteiger partial charge in [0.25, 0.3) is 0 Å². The first kappa shape index (κ1) is 36.8. The molecule has 12 rings (SSSR count). The highest BCUT2D eigenvalue weighted by molar-refractivity contribution is 7.25. The highest BCUT2D eigenvalue weighted by Crippen LogP contribution is 2.44. The van der Waals surface area contributed by atoms with Crippen molar-refractivity contribution in [2.75, 3.05) is 4.90 Å². The zero-order valence-corrected chi connectivity index (χ0v) is 35.2. The molecule has 0 fully saturated rings. The largest absolute Gasteiger partial charge is 0.310 e. The van der Waals surface area contributed by atoms with Crippen molar-refractivity contribution in [2.24, 2.45) is 0 Å². The van der Waals surface area contributed by atoms with Gasteiger partial charge >= 0.3 is 0 Å². The molecule has 0 aliphatic rings. The van der Waals surface area contributed by atoms with Crippen LogP contribution in [0.1, 0.15) is 0 Å². The minimum Gasteiger partial charge on any atom is -0.310 e. The molecule has 296 valence electrons. The van der Waals surface area contributed by atoms with Crippen LogP contribution in [-0.2, 0) is 0 Å². The molecule has 0 aliphatic carbocycles. The molecule has 0 saturated carbocycles. The number of benzene rings is 10. The number of anilines is 3. The molecule has 0 bridgehead atoms. The van der Waals surface area contributed by atoms with E-state index in [-0.39, 0.29) is 0 Å². The number of fused-ring (bicyclic) bond motifs is 6. The SMILES string of the molecule is c1ccc(-c2cccc(-c3ccc(N(c4ccccc4)c4cccc(-c5ccccc5-c5ccc6c(c5)c5ccccc5n6-c5cccc6sc7ccccc7c56)c4)cc3)c2)cc1. The van der Waals surface area contributed by atoms with Crippen LogP contribution in [0.25, 0.3) is 92.2 Å². The van der Waals surface area contributed by atoms with Gasteiger partial charge in [-0.2, -0.15) is 0 Å². The van der Waals surface area contributed by atoms with Crippen LogP contribution in [0.5, 0.6) is 0 Å². The van der Waals surface area contributed by atoms with E-state index in [4.69, 9.17) is 0 Å². The minimum absolute atomic E-state index is 1.10. The Balaban J connectivity index is 0.941. The molecule has 0 atom stereocenters. The normalized spacial score (nSPS) is 11.5. The third-order valence-electron chi connectivity index (χ3n) is 12.4. The Kier molecular flexibility index (Phi) is 9.06. The smallest absolute Gasteiger partial charge is 0.0555 e. The van der Waals surface area contributed by atoms with Gasteiger partial charge in [0, 0.05) is 48.0 Å². The lowest BCUT2D eigenvalue weighted by atomic mass is 9.93. The van der Waals surface area contributed by atoms with Crippen LogP contribution in [-0.4, -0.2) is 4.57 Å². The number of para-hydroxylation sites is 2. The monoisotopic (exact) mass is 820 g/mol. The van der Waals surface area contributed by atoms with E-state index in [1.54, 1.807) is 0 Å². The lowest BCUT2D eigenvalue weighted by Gasteiger charge is -2.26. The number of rotatable bonds is 8. The van der Waals surface area contributed by atoms with E-state index >= 15 is 0 Å². The van der Waals surface area contributed by atoms with Crippen LogP contribution in [0.15, 0.2) is 243 Å². The molecule has 2 heterocycles. The quantitative estimate of drug-likeness (QED) is 0.148. The third-order valence-corrected chi connectivity index (χ3v) is 13.5. The molecule has 0 aliphatic heterocycles. The van der Waals surface area contributed by atoms with Gasteiger partial charge in [-0.05, 0) is 123 Å². The molecule has 0 spiro atoms. The first-order chi connectivity index (χ1) is 31.2. The average Bonchev–Trinajstić information content (AvgIpc) is 3.91. The van der Waals surface area contributed by atoms with Crippen LogP contribution < -0.4 is 4.90 Å². The summed E-state index contributed by atoms with van der Waals surface area (Å²) < 4.78 is 5.09. The number of hydrogen-bond acceptors (Lipinski definition) is 2. The zero-order chi connectivity index (χ0) is 41.7. The second-order valence-electron chi connectivity index (χ2n) is 16.1. The van der Waals surface area contributed by atoms with Gasteiger partial charge in [0.1, 0.15) is 0 Å². The fourth-order valence-electron chi connectivity index (χ4n) is 9.48. The summed E-state index contributed by atoms with van der Waals surface area (Å²) in [5.41, 5.74) is 16.5. The van der Waals surface area contributed by atoms with Crippen molar-refractivity contribution in [3.05, 3.63) is 243 Å². The summed E-state index contributed by atoms with van der Waals surface area (Å²) in [7, 11) is 0. The summed E-state index contributed by atoms with van der Waals surface area (Å²) in [6, 6.07) is 88.2. The maximum atomic E-state index is 2.47. The van der Waals surface area contributed by atoms with Crippen LogP contribution in [0.2, 0.25) is 0 Å². The average molecular weight is 821 g/mol. The molecule has 2 nitrogen and oxygen atoms in total. The van der Waals surface area contributed by atoms with E-state index in [1.807, 2.05) is 11.3 Å². The fourth-order valence-corrected chi connectivity index (χ4v) is 10.6. The van der Waals surface area contributed by atoms with E-state index < -0.39 is 0 Å². The molecule has 0 saturated heterocycles. The minimum atomic E-state index is 1.10. The fraction of sp³-hybridized carbons (Fsp3) is 0. The topological polar surface area (TPSA) is 8.17 Å². The summed E-state index contributed by atoms with van der Waals surface area (Å²) in [6.07, 6.45) is 0. The summed E-state index contributed by atoms with van der Waals surface area (Å²) in [5, 5.41) is 5.11. The van der Waals surface area contributed by atoms with Gasteiger partial charge in [-0.1, -0.05) is 164 Å². The van der Waals surface area contributed by atoms with Gasteiger partial charge in [-0.25, -0.2) is 0 Å². The number of aromatic nitrogens is 1. The molecule has 63 heavy (non-hydrogen) atoms. The highest BCUT2D eigenvalue weighted by Gasteiger charge is 2.19. The Morgan fingerprint density at radius 2 is 0.825 bits per heavy atom. The van der Waals surface area contributed by atoms with Gasteiger partial charge in [-0.3, -0.25) is 0 Å². The van der Waals surface area contributed by atoms with E-state index in [9.17, 15) is 0 Å². The molecule has 0 N–H and O–H groups in total. The van der Waals surface area contributed by atoms with Crippen LogP contribution >= 0.6 is 11.3 Å². The summed E-state index contributed by atoms with van der Waals surface area (Å²) >= 11 is 1.87. The summed E-state index contributed by atoms with van der Waals surface area (Å²) in [5.74, 6) is 0. The van der Waals surface area contributed by atoms with Crippen molar-refractivity contribution in [1.82, 2.24) is 4.57 Å². The van der Waals surface area contributed by atoms with E-state index in [1.165, 1.54) is 86.6 Å². The standard InChI is InChI=1S/C60H40N2S/c1-3-16-41(17-4-1)43-18-13-19-44(38-43)42-32-35-48(36-33-42)61(47-21-5-2-6-22-47)49-23-14-20-45(39-49)50-24-7-8-25-51(50)46-34-37-56-54(40-46)52-26-9-11-28-55(52)62(56)57-29-15-31-59-60(57)53-27-10-12-30-58(53)63-59/h1-40H. The molecule has 12 aromatic rings. The van der Waals surface area contributed by atoms with Crippen molar-refractivity contribution in [3.8, 4) is 50.2 Å². The Morgan fingerprint density at radius 3 is 1.62 bits per heavy atom. The number of hydrogen-bond donors (Lipinski definition) is 0. The van der Waals surface area contributed by atoms with Gasteiger partial charge in [0.2, 0.25) is 0 Å². The second kappa shape index (κ2) is 15.5. The maximum Gasteiger partial charge on any atom is 0.0555 e. The first-order valence-corrected chi connectivity index (χ1v) is 22.3. The van der Waals surface area contributed by atoms with Crippen LogP contribution in [0.4, 0.5) is 17.1 Å². The Bertz CT molecular complexity index is 3620. The molecule has 10 aromatic carbocycles. The molecular weight excluding hydrogens is 781 g/mol. The lowest BCUT2D eigenvalue weighted by Crippen LogP contribution is -2.09. The number of thiophene rings is 1.